The second-order valence-corrected chi connectivity index (χ2v) is 15.2. The summed E-state index contributed by atoms with van der Waals surface area (Å²) in [4.78, 5) is 0. The van der Waals surface area contributed by atoms with Gasteiger partial charge >= 0.3 is 0 Å². The average Bonchev–Trinajstić information content (AvgIpc) is 2.88. The number of hydrogen-bond acceptors (Lipinski definition) is 1. The van der Waals surface area contributed by atoms with E-state index in [0.717, 1.165) is 6.42 Å². The van der Waals surface area contributed by atoms with Gasteiger partial charge < -0.3 is 5.11 Å². The molecule has 0 bridgehead atoms. The lowest BCUT2D eigenvalue weighted by molar-refractivity contribution is 0.283. The van der Waals surface area contributed by atoms with Crippen molar-refractivity contribution in [1.82, 2.24) is 0 Å². The van der Waals surface area contributed by atoms with E-state index in [2.05, 4.69) is 60.6 Å². The lowest BCUT2D eigenvalue weighted by atomic mass is 9.70. The zero-order valence-electron chi connectivity index (χ0n) is 27.6. The SMILES string of the molecule is CCCCCCCCCCCCCCCCC(C)c1cc(C(C)(C)CC(C)(C)C)cc(C2CCCCC2)c1O. The number of unbranched alkanes of at least 4 members (excludes halogenated alkanes) is 13. The van der Waals surface area contributed by atoms with Gasteiger partial charge in [-0.25, -0.2) is 0 Å². The number of aromatic hydroxyl groups is 1. The van der Waals surface area contributed by atoms with Crippen molar-refractivity contribution in [2.45, 2.75) is 201 Å². The molecule has 1 unspecified atom stereocenters. The third-order valence-electron chi connectivity index (χ3n) is 9.49. The monoisotopic (exact) mass is 541 g/mol. The minimum atomic E-state index is 0.110. The van der Waals surface area contributed by atoms with Crippen LogP contribution in [0.25, 0.3) is 0 Å². The molecule has 1 heteroatoms. The maximum absolute atomic E-state index is 11.5. The first kappa shape index (κ1) is 34.2. The number of benzene rings is 1. The molecule has 1 aromatic carbocycles. The minimum Gasteiger partial charge on any atom is -0.507 e. The van der Waals surface area contributed by atoms with Gasteiger partial charge in [-0.15, -0.1) is 0 Å². The molecule has 1 N–H and O–H groups in total. The molecule has 2 rings (SSSR count). The van der Waals surface area contributed by atoms with E-state index in [1.807, 2.05) is 0 Å². The first-order valence-electron chi connectivity index (χ1n) is 17.4. The maximum Gasteiger partial charge on any atom is 0.122 e. The van der Waals surface area contributed by atoms with Crippen molar-refractivity contribution in [2.24, 2.45) is 5.41 Å². The van der Waals surface area contributed by atoms with Gasteiger partial charge in [0.05, 0.1) is 0 Å². The van der Waals surface area contributed by atoms with Crippen molar-refractivity contribution < 1.29 is 5.11 Å². The molecule has 1 aliphatic rings. The van der Waals surface area contributed by atoms with Crippen LogP contribution < -0.4 is 0 Å². The normalized spacial score (nSPS) is 16.1. The van der Waals surface area contributed by atoms with E-state index in [4.69, 9.17) is 0 Å². The molecule has 0 aliphatic heterocycles. The number of phenols is 1. The van der Waals surface area contributed by atoms with Crippen LogP contribution in [0.4, 0.5) is 0 Å². The summed E-state index contributed by atoms with van der Waals surface area (Å²) in [6, 6.07) is 4.79. The standard InChI is InChI=1S/C38H68O/c1-8-9-10-11-12-13-14-15-16-17-18-19-20-22-25-31(2)34-28-33(38(6,7)30-37(3,4)5)29-35(36(34)39)32-26-23-21-24-27-32/h28-29,31-32,39H,8-27,30H2,1-7H3. The van der Waals surface area contributed by atoms with Gasteiger partial charge in [-0.3, -0.25) is 0 Å². The van der Waals surface area contributed by atoms with E-state index in [9.17, 15) is 5.11 Å². The van der Waals surface area contributed by atoms with Gasteiger partial charge in [0, 0.05) is 0 Å². The molecule has 1 nitrogen and oxygen atoms in total. The molecule has 1 fully saturated rings. The molecule has 0 heterocycles. The van der Waals surface area contributed by atoms with Crippen LogP contribution in [0.3, 0.4) is 0 Å². The molecule has 226 valence electrons. The van der Waals surface area contributed by atoms with Crippen LogP contribution in [-0.4, -0.2) is 5.11 Å². The second kappa shape index (κ2) is 17.7. The van der Waals surface area contributed by atoms with Gasteiger partial charge in [0.15, 0.2) is 0 Å². The summed E-state index contributed by atoms with van der Waals surface area (Å²) in [5, 5.41) is 11.5. The summed E-state index contributed by atoms with van der Waals surface area (Å²) in [5.74, 6) is 1.60. The zero-order chi connectivity index (χ0) is 28.7. The van der Waals surface area contributed by atoms with E-state index >= 15 is 0 Å². The summed E-state index contributed by atoms with van der Waals surface area (Å²) >= 11 is 0. The molecule has 0 spiro atoms. The highest BCUT2D eigenvalue weighted by molar-refractivity contribution is 5.49. The highest BCUT2D eigenvalue weighted by Gasteiger charge is 2.31. The van der Waals surface area contributed by atoms with Crippen molar-refractivity contribution in [3.8, 4) is 5.75 Å². The van der Waals surface area contributed by atoms with Crippen LogP contribution in [0, 0.1) is 5.41 Å². The number of phenolic OH excluding ortho intramolecular Hbond substituents is 1. The first-order valence-corrected chi connectivity index (χ1v) is 17.4. The van der Waals surface area contributed by atoms with Crippen molar-refractivity contribution in [1.29, 1.82) is 0 Å². The van der Waals surface area contributed by atoms with E-state index in [1.54, 1.807) is 0 Å². The van der Waals surface area contributed by atoms with Gasteiger partial charge in [-0.2, -0.15) is 0 Å². The van der Waals surface area contributed by atoms with E-state index in [-0.39, 0.29) is 10.8 Å². The van der Waals surface area contributed by atoms with Crippen LogP contribution in [0.5, 0.6) is 5.75 Å². The molecule has 1 aliphatic carbocycles. The van der Waals surface area contributed by atoms with Crippen LogP contribution in [0.1, 0.15) is 212 Å². The molecule has 1 saturated carbocycles. The van der Waals surface area contributed by atoms with Crippen LogP contribution in [0.15, 0.2) is 12.1 Å². The Labute approximate surface area is 245 Å². The second-order valence-electron chi connectivity index (χ2n) is 15.2. The largest absolute Gasteiger partial charge is 0.507 e. The van der Waals surface area contributed by atoms with Crippen molar-refractivity contribution in [3.63, 3.8) is 0 Å². The van der Waals surface area contributed by atoms with Crippen LogP contribution in [0.2, 0.25) is 0 Å². The highest BCUT2D eigenvalue weighted by Crippen LogP contribution is 2.45. The maximum atomic E-state index is 11.5. The Morgan fingerprint density at radius 2 is 1.21 bits per heavy atom. The summed E-state index contributed by atoms with van der Waals surface area (Å²) in [7, 11) is 0. The number of hydrogen-bond donors (Lipinski definition) is 1. The predicted molar refractivity (Wildman–Crippen MR) is 174 cm³/mol. The fourth-order valence-electron chi connectivity index (χ4n) is 7.40. The Balaban J connectivity index is 1.85. The smallest absolute Gasteiger partial charge is 0.122 e. The fourth-order valence-corrected chi connectivity index (χ4v) is 7.40. The Morgan fingerprint density at radius 1 is 0.718 bits per heavy atom. The summed E-state index contributed by atoms with van der Waals surface area (Å²) in [6.45, 7) is 16.6. The fraction of sp³-hybridized carbons (Fsp3) is 0.842. The lowest BCUT2D eigenvalue weighted by Gasteiger charge is -2.35. The van der Waals surface area contributed by atoms with Gasteiger partial charge in [0.25, 0.3) is 0 Å². The van der Waals surface area contributed by atoms with Gasteiger partial charge in [-0.1, -0.05) is 170 Å². The molecular formula is C38H68O. The van der Waals surface area contributed by atoms with Crippen LogP contribution >= 0.6 is 0 Å². The summed E-state index contributed by atoms with van der Waals surface area (Å²) < 4.78 is 0. The molecule has 1 aromatic rings. The molecular weight excluding hydrogens is 472 g/mol. The summed E-state index contributed by atoms with van der Waals surface area (Å²) in [5.41, 5.74) is 4.33. The molecule has 0 radical (unpaired) electrons. The van der Waals surface area contributed by atoms with E-state index in [1.165, 1.54) is 145 Å². The van der Waals surface area contributed by atoms with E-state index in [0.29, 0.717) is 17.6 Å². The molecule has 0 amide bonds. The lowest BCUT2D eigenvalue weighted by Crippen LogP contribution is -2.25. The van der Waals surface area contributed by atoms with Gasteiger partial charge in [0.1, 0.15) is 5.75 Å². The topological polar surface area (TPSA) is 20.2 Å². The summed E-state index contributed by atoms with van der Waals surface area (Å²) in [6.07, 6.45) is 28.5. The van der Waals surface area contributed by atoms with Crippen LogP contribution in [-0.2, 0) is 5.41 Å². The number of rotatable bonds is 19. The quantitative estimate of drug-likeness (QED) is 0.173. The van der Waals surface area contributed by atoms with Crippen molar-refractivity contribution >= 4 is 0 Å². The highest BCUT2D eigenvalue weighted by atomic mass is 16.3. The molecule has 1 atom stereocenters. The zero-order valence-corrected chi connectivity index (χ0v) is 27.6. The Morgan fingerprint density at radius 3 is 1.69 bits per heavy atom. The first-order chi connectivity index (χ1) is 18.5. The Kier molecular flexibility index (Phi) is 15.6. The third kappa shape index (κ3) is 13.0. The van der Waals surface area contributed by atoms with Gasteiger partial charge in [0.2, 0.25) is 0 Å². The molecule has 0 aromatic heterocycles. The predicted octanol–water partition coefficient (Wildman–Crippen LogP) is 13.1. The Bertz CT molecular complexity index is 777. The molecule has 39 heavy (non-hydrogen) atoms. The van der Waals surface area contributed by atoms with Gasteiger partial charge in [-0.05, 0) is 65.0 Å². The third-order valence-corrected chi connectivity index (χ3v) is 9.49. The minimum absolute atomic E-state index is 0.110. The average molecular weight is 541 g/mol. The van der Waals surface area contributed by atoms with E-state index < -0.39 is 0 Å². The Hall–Kier alpha value is -0.980. The van der Waals surface area contributed by atoms with Crippen molar-refractivity contribution in [3.05, 3.63) is 28.8 Å². The molecule has 0 saturated heterocycles. The van der Waals surface area contributed by atoms with Crippen molar-refractivity contribution in [2.75, 3.05) is 0 Å².